The van der Waals surface area contributed by atoms with Crippen LogP contribution >= 0.6 is 0 Å². The van der Waals surface area contributed by atoms with Crippen molar-refractivity contribution in [1.29, 1.82) is 0 Å². The van der Waals surface area contributed by atoms with Gasteiger partial charge in [-0.2, -0.15) is 5.10 Å². The predicted molar refractivity (Wildman–Crippen MR) is 89.0 cm³/mol. The molecule has 1 amide bonds. The molecule has 2 aromatic rings. The maximum Gasteiger partial charge on any atom is 0.328 e. The fraction of sp³-hybridized carbons (Fsp3) is 0.500. The number of aromatic amines is 1. The molecule has 0 saturated heterocycles. The van der Waals surface area contributed by atoms with Gasteiger partial charge in [0.15, 0.2) is 0 Å². The number of nitrogens with zero attached hydrogens (tertiary/aromatic N) is 4. The van der Waals surface area contributed by atoms with Gasteiger partial charge in [-0.25, -0.2) is 4.79 Å². The average molecular weight is 347 g/mol. The predicted octanol–water partition coefficient (Wildman–Crippen LogP) is -1.09. The summed E-state index contributed by atoms with van der Waals surface area (Å²) < 4.78 is 2.81. The molecule has 3 rings (SSSR count). The van der Waals surface area contributed by atoms with E-state index in [4.69, 9.17) is 0 Å². The van der Waals surface area contributed by atoms with E-state index in [9.17, 15) is 19.5 Å². The van der Waals surface area contributed by atoms with Crippen molar-refractivity contribution in [2.24, 2.45) is 7.05 Å². The van der Waals surface area contributed by atoms with Crippen LogP contribution in [0.2, 0.25) is 0 Å². The van der Waals surface area contributed by atoms with Gasteiger partial charge < -0.3 is 15.0 Å². The van der Waals surface area contributed by atoms with Crippen LogP contribution in [0.3, 0.4) is 0 Å². The Hall–Kier alpha value is -2.68. The molecule has 0 spiro atoms. The van der Waals surface area contributed by atoms with E-state index in [1.165, 1.54) is 13.2 Å². The maximum atomic E-state index is 12.6. The third-order valence-corrected chi connectivity index (χ3v) is 4.61. The van der Waals surface area contributed by atoms with E-state index in [1.807, 2.05) is 11.6 Å². The largest absolute Gasteiger partial charge is 0.390 e. The molecule has 25 heavy (non-hydrogen) atoms. The van der Waals surface area contributed by atoms with E-state index in [2.05, 4.69) is 10.1 Å². The molecule has 9 heteroatoms. The van der Waals surface area contributed by atoms with Gasteiger partial charge in [0.2, 0.25) is 5.91 Å². The Balaban J connectivity index is 1.81. The van der Waals surface area contributed by atoms with E-state index in [1.54, 1.807) is 4.90 Å². The molecule has 0 radical (unpaired) electrons. The highest BCUT2D eigenvalue weighted by atomic mass is 16.3. The van der Waals surface area contributed by atoms with Gasteiger partial charge in [-0.05, 0) is 6.92 Å². The fourth-order valence-corrected chi connectivity index (χ4v) is 3.18. The summed E-state index contributed by atoms with van der Waals surface area (Å²) in [7, 11) is 1.37. The molecule has 1 aliphatic rings. The lowest BCUT2D eigenvalue weighted by Gasteiger charge is -2.28. The van der Waals surface area contributed by atoms with Crippen LogP contribution in [0.25, 0.3) is 0 Å². The number of aromatic nitrogens is 4. The molecule has 0 bridgehead atoms. The smallest absolute Gasteiger partial charge is 0.328 e. The van der Waals surface area contributed by atoms with Gasteiger partial charge in [-0.1, -0.05) is 0 Å². The number of rotatable bonds is 4. The Morgan fingerprint density at radius 2 is 2.16 bits per heavy atom. The summed E-state index contributed by atoms with van der Waals surface area (Å²) in [6.07, 6.45) is 1.88. The lowest BCUT2D eigenvalue weighted by Crippen LogP contribution is -2.40. The number of carbonyl (C=O) groups is 1. The highest BCUT2D eigenvalue weighted by Gasteiger charge is 2.27. The van der Waals surface area contributed by atoms with Gasteiger partial charge in [0.05, 0.1) is 18.7 Å². The number of hydrogen-bond donors (Lipinski definition) is 2. The van der Waals surface area contributed by atoms with E-state index in [0.717, 1.165) is 15.8 Å². The number of hydrogen-bond acceptors (Lipinski definition) is 5. The van der Waals surface area contributed by atoms with Crippen LogP contribution in [0.1, 0.15) is 29.4 Å². The minimum atomic E-state index is -0.511. The van der Waals surface area contributed by atoms with Gasteiger partial charge >= 0.3 is 5.69 Å². The molecular formula is C16H21N5O4. The van der Waals surface area contributed by atoms with Crippen LogP contribution in [-0.2, 0) is 44.4 Å². The summed E-state index contributed by atoms with van der Waals surface area (Å²) in [6, 6.07) is 0. The number of amides is 1. The summed E-state index contributed by atoms with van der Waals surface area (Å²) in [5.41, 5.74) is 1.81. The third kappa shape index (κ3) is 3.02. The molecule has 0 aliphatic carbocycles. The van der Waals surface area contributed by atoms with Crippen LogP contribution in [0, 0.1) is 0 Å². The Kier molecular flexibility index (Phi) is 4.58. The van der Waals surface area contributed by atoms with Crippen molar-refractivity contribution in [3.05, 3.63) is 49.5 Å². The standard InChI is InChI=1S/C16H21N5O4/c1-3-21-13-4-5-20(8-11(13)12(9-22)18-21)14(23)6-10-7-17-16(25)19(2)15(10)24/h7,22H,3-6,8-9H2,1-2H3,(H,17,25). The van der Waals surface area contributed by atoms with Crippen LogP contribution in [0.5, 0.6) is 0 Å². The molecule has 9 nitrogen and oxygen atoms in total. The summed E-state index contributed by atoms with van der Waals surface area (Å²) >= 11 is 0. The van der Waals surface area contributed by atoms with Crippen molar-refractivity contribution >= 4 is 5.91 Å². The fourth-order valence-electron chi connectivity index (χ4n) is 3.18. The second kappa shape index (κ2) is 6.67. The van der Waals surface area contributed by atoms with E-state index < -0.39 is 11.2 Å². The zero-order valence-corrected chi connectivity index (χ0v) is 14.3. The zero-order valence-electron chi connectivity index (χ0n) is 14.3. The Morgan fingerprint density at radius 3 is 2.84 bits per heavy atom. The van der Waals surface area contributed by atoms with Crippen LogP contribution in [0.4, 0.5) is 0 Å². The molecular weight excluding hydrogens is 326 g/mol. The molecule has 0 fully saturated rings. The number of aliphatic hydroxyl groups excluding tert-OH is 1. The van der Waals surface area contributed by atoms with Crippen LogP contribution < -0.4 is 11.2 Å². The first-order valence-corrected chi connectivity index (χ1v) is 8.19. The monoisotopic (exact) mass is 347 g/mol. The molecule has 2 aromatic heterocycles. The number of H-pyrrole nitrogens is 1. The quantitative estimate of drug-likeness (QED) is 0.730. The molecule has 0 atom stereocenters. The van der Waals surface area contributed by atoms with Crippen LogP contribution in [0.15, 0.2) is 15.8 Å². The summed E-state index contributed by atoms with van der Waals surface area (Å²) in [5, 5.41) is 13.9. The van der Waals surface area contributed by atoms with E-state index >= 15 is 0 Å². The summed E-state index contributed by atoms with van der Waals surface area (Å²) in [5.74, 6) is -0.192. The van der Waals surface area contributed by atoms with Gasteiger partial charge in [-0.3, -0.25) is 18.8 Å². The van der Waals surface area contributed by atoms with Crippen molar-refractivity contribution in [2.75, 3.05) is 6.54 Å². The first-order valence-electron chi connectivity index (χ1n) is 8.19. The minimum Gasteiger partial charge on any atom is -0.390 e. The maximum absolute atomic E-state index is 12.6. The van der Waals surface area contributed by atoms with Crippen molar-refractivity contribution in [3.8, 4) is 0 Å². The molecule has 0 saturated carbocycles. The second-order valence-electron chi connectivity index (χ2n) is 6.07. The molecule has 1 aliphatic heterocycles. The third-order valence-electron chi connectivity index (χ3n) is 4.61. The topological polar surface area (TPSA) is 113 Å². The molecule has 134 valence electrons. The highest BCUT2D eigenvalue weighted by molar-refractivity contribution is 5.79. The van der Waals surface area contributed by atoms with Gasteiger partial charge in [-0.15, -0.1) is 0 Å². The molecule has 2 N–H and O–H groups in total. The van der Waals surface area contributed by atoms with E-state index in [0.29, 0.717) is 31.7 Å². The van der Waals surface area contributed by atoms with Gasteiger partial charge in [0.25, 0.3) is 5.56 Å². The zero-order chi connectivity index (χ0) is 18.1. The lowest BCUT2D eigenvalue weighted by molar-refractivity contribution is -0.131. The SMILES string of the molecule is CCn1nc(CO)c2c1CCN(C(=O)Cc1c[nH]c(=O)n(C)c1=O)C2. The van der Waals surface area contributed by atoms with Crippen molar-refractivity contribution in [1.82, 2.24) is 24.2 Å². The number of carbonyl (C=O) groups excluding carboxylic acids is 1. The van der Waals surface area contributed by atoms with E-state index in [-0.39, 0.29) is 24.5 Å². The normalized spacial score (nSPS) is 13.8. The van der Waals surface area contributed by atoms with Crippen molar-refractivity contribution in [2.45, 2.75) is 39.5 Å². The van der Waals surface area contributed by atoms with Crippen LogP contribution in [-0.4, -0.2) is 41.8 Å². The average Bonchev–Trinajstić information content (AvgIpc) is 2.99. The summed E-state index contributed by atoms with van der Waals surface area (Å²) in [6.45, 7) is 3.43. The number of nitrogens with one attached hydrogen (secondary N) is 1. The molecule has 3 heterocycles. The first-order chi connectivity index (χ1) is 12.0. The summed E-state index contributed by atoms with van der Waals surface area (Å²) in [4.78, 5) is 40.2. The van der Waals surface area contributed by atoms with Gasteiger partial charge in [0.1, 0.15) is 0 Å². The van der Waals surface area contributed by atoms with Crippen molar-refractivity contribution < 1.29 is 9.90 Å². The molecule has 0 unspecified atom stereocenters. The second-order valence-corrected chi connectivity index (χ2v) is 6.07. The Bertz CT molecular complexity index is 924. The minimum absolute atomic E-state index is 0.0742. The number of aliphatic hydroxyl groups is 1. The number of aryl methyl sites for hydroxylation is 1. The van der Waals surface area contributed by atoms with Gasteiger partial charge in [0, 0.05) is 56.1 Å². The lowest BCUT2D eigenvalue weighted by atomic mass is 10.0. The number of fused-ring (bicyclic) bond motifs is 1. The highest BCUT2D eigenvalue weighted by Crippen LogP contribution is 2.23. The first kappa shape index (κ1) is 17.2. The Labute approximate surface area is 143 Å². The molecule has 0 aromatic carbocycles. The van der Waals surface area contributed by atoms with Crippen molar-refractivity contribution in [3.63, 3.8) is 0 Å². The Morgan fingerprint density at radius 1 is 1.40 bits per heavy atom.